The van der Waals surface area contributed by atoms with E-state index in [1.54, 1.807) is 6.07 Å². The predicted molar refractivity (Wildman–Crippen MR) is 105 cm³/mol. The normalized spacial score (nSPS) is 20.6. The smallest absolute Gasteiger partial charge is 0.175 e. The Morgan fingerprint density at radius 3 is 2.81 bits per heavy atom. The number of aromatic nitrogens is 2. The summed E-state index contributed by atoms with van der Waals surface area (Å²) in [7, 11) is 2.19. The Bertz CT molecular complexity index is 822. The Balaban J connectivity index is 1.72. The number of likely N-dealkylation sites (N-methyl/N-ethyl adjacent to an activating group) is 1. The van der Waals surface area contributed by atoms with Gasteiger partial charge in [0.15, 0.2) is 5.82 Å². The van der Waals surface area contributed by atoms with Gasteiger partial charge in [-0.05, 0) is 58.0 Å². The zero-order valence-corrected chi connectivity index (χ0v) is 15.8. The van der Waals surface area contributed by atoms with Gasteiger partial charge in [-0.25, -0.2) is 0 Å². The molecule has 0 amide bonds. The first-order valence-electron chi connectivity index (χ1n) is 9.41. The van der Waals surface area contributed by atoms with Gasteiger partial charge >= 0.3 is 0 Å². The number of fused-ring (bicyclic) bond motifs is 1. The van der Waals surface area contributed by atoms with E-state index >= 15 is 0 Å². The number of benzene rings is 1. The first kappa shape index (κ1) is 17.1. The van der Waals surface area contributed by atoms with Crippen LogP contribution in [0.4, 0.5) is 11.5 Å². The van der Waals surface area contributed by atoms with Crippen molar-refractivity contribution in [1.29, 1.82) is 0 Å². The molecule has 26 heavy (non-hydrogen) atoms. The maximum Gasteiger partial charge on any atom is 0.175 e. The quantitative estimate of drug-likeness (QED) is 0.866. The topological polar surface area (TPSA) is 64.5 Å². The molecular formula is C20H27N5O. The van der Waals surface area contributed by atoms with E-state index in [0.717, 1.165) is 53.5 Å². The van der Waals surface area contributed by atoms with Gasteiger partial charge in [0.25, 0.3) is 0 Å². The highest BCUT2D eigenvalue weighted by molar-refractivity contribution is 5.80. The summed E-state index contributed by atoms with van der Waals surface area (Å²) in [5, 5.41) is 23.0. The molecule has 0 aliphatic carbocycles. The molecular weight excluding hydrogens is 326 g/mol. The van der Waals surface area contributed by atoms with Gasteiger partial charge < -0.3 is 20.2 Å². The summed E-state index contributed by atoms with van der Waals surface area (Å²) in [4.78, 5) is 4.81. The Morgan fingerprint density at radius 2 is 2.04 bits per heavy atom. The molecule has 1 aromatic heterocycles. The standard InChI is InChI=1S/C20H27N5O/c1-13-6-7-16(17(26)11-13)18-14(2)19-20(23-22-18)25(10-8-21-19)15-5-4-9-24(3)12-15/h6-7,11,15,21,26H,4-5,8-10,12H2,1-3H3/t15-/m0/s1. The molecule has 1 saturated heterocycles. The molecule has 1 aromatic carbocycles. The van der Waals surface area contributed by atoms with Crippen molar-refractivity contribution >= 4 is 11.5 Å². The first-order valence-corrected chi connectivity index (χ1v) is 9.41. The van der Waals surface area contributed by atoms with Crippen LogP contribution in [0.5, 0.6) is 5.75 Å². The third-order valence-electron chi connectivity index (χ3n) is 5.57. The van der Waals surface area contributed by atoms with Crippen molar-refractivity contribution in [2.75, 3.05) is 43.4 Å². The van der Waals surface area contributed by atoms with Crippen molar-refractivity contribution in [1.82, 2.24) is 15.1 Å². The van der Waals surface area contributed by atoms with Gasteiger partial charge in [-0.3, -0.25) is 0 Å². The average molecular weight is 353 g/mol. The van der Waals surface area contributed by atoms with Gasteiger partial charge in [-0.15, -0.1) is 10.2 Å². The van der Waals surface area contributed by atoms with E-state index in [4.69, 9.17) is 0 Å². The number of aromatic hydroxyl groups is 1. The maximum atomic E-state index is 10.4. The van der Waals surface area contributed by atoms with Crippen LogP contribution in [0.15, 0.2) is 18.2 Å². The van der Waals surface area contributed by atoms with E-state index in [9.17, 15) is 5.11 Å². The van der Waals surface area contributed by atoms with Crippen LogP contribution in [0.3, 0.4) is 0 Å². The number of hydrogen-bond donors (Lipinski definition) is 2. The van der Waals surface area contributed by atoms with Crippen molar-refractivity contribution in [3.63, 3.8) is 0 Å². The van der Waals surface area contributed by atoms with Gasteiger partial charge in [0, 0.05) is 36.8 Å². The van der Waals surface area contributed by atoms with Gasteiger partial charge in [0.1, 0.15) is 11.4 Å². The Morgan fingerprint density at radius 1 is 1.19 bits per heavy atom. The summed E-state index contributed by atoms with van der Waals surface area (Å²) in [5.74, 6) is 1.20. The number of hydrogen-bond acceptors (Lipinski definition) is 6. The van der Waals surface area contributed by atoms with E-state index in [0.29, 0.717) is 6.04 Å². The third kappa shape index (κ3) is 2.98. The number of phenolic OH excluding ortho intramolecular Hbond substituents is 1. The molecule has 3 heterocycles. The van der Waals surface area contributed by atoms with E-state index in [1.165, 1.54) is 19.4 Å². The molecule has 2 aliphatic heterocycles. The molecule has 0 spiro atoms. The van der Waals surface area contributed by atoms with E-state index in [2.05, 4.69) is 39.3 Å². The average Bonchev–Trinajstić information content (AvgIpc) is 2.62. The minimum absolute atomic E-state index is 0.254. The predicted octanol–water partition coefficient (Wildman–Crippen LogP) is 2.79. The van der Waals surface area contributed by atoms with Crippen LogP contribution in [0, 0.1) is 13.8 Å². The summed E-state index contributed by atoms with van der Waals surface area (Å²) in [6, 6.07) is 6.17. The highest BCUT2D eigenvalue weighted by Crippen LogP contribution is 2.38. The van der Waals surface area contributed by atoms with Crippen molar-refractivity contribution < 1.29 is 5.11 Å². The van der Waals surface area contributed by atoms with Gasteiger partial charge in [0.05, 0.1) is 5.69 Å². The molecule has 2 aliphatic rings. The monoisotopic (exact) mass is 353 g/mol. The first-order chi connectivity index (χ1) is 12.5. The van der Waals surface area contributed by atoms with Crippen molar-refractivity contribution in [3.05, 3.63) is 29.3 Å². The highest BCUT2D eigenvalue weighted by atomic mass is 16.3. The molecule has 0 saturated carbocycles. The summed E-state index contributed by atoms with van der Waals surface area (Å²) in [6.07, 6.45) is 2.42. The minimum atomic E-state index is 0.254. The second-order valence-electron chi connectivity index (χ2n) is 7.57. The summed E-state index contributed by atoms with van der Waals surface area (Å²) in [6.45, 7) is 8.13. The van der Waals surface area contributed by atoms with Crippen LogP contribution in [-0.4, -0.2) is 59.5 Å². The summed E-state index contributed by atoms with van der Waals surface area (Å²) >= 11 is 0. The molecule has 1 atom stereocenters. The Hall–Kier alpha value is -2.34. The number of nitrogens with zero attached hydrogens (tertiary/aromatic N) is 4. The molecule has 6 nitrogen and oxygen atoms in total. The van der Waals surface area contributed by atoms with Crippen LogP contribution in [-0.2, 0) is 0 Å². The number of anilines is 2. The van der Waals surface area contributed by atoms with Crippen molar-refractivity contribution in [3.8, 4) is 17.0 Å². The van der Waals surface area contributed by atoms with Gasteiger partial charge in [-0.1, -0.05) is 6.07 Å². The Labute approximate surface area is 154 Å². The molecule has 138 valence electrons. The lowest BCUT2D eigenvalue weighted by molar-refractivity contribution is 0.244. The fraction of sp³-hybridized carbons (Fsp3) is 0.500. The fourth-order valence-electron chi connectivity index (χ4n) is 4.18. The van der Waals surface area contributed by atoms with Crippen molar-refractivity contribution in [2.45, 2.75) is 32.7 Å². The van der Waals surface area contributed by atoms with Gasteiger partial charge in [0.2, 0.25) is 0 Å². The zero-order valence-electron chi connectivity index (χ0n) is 15.8. The number of rotatable bonds is 2. The summed E-state index contributed by atoms with van der Waals surface area (Å²) < 4.78 is 0. The van der Waals surface area contributed by atoms with Gasteiger partial charge in [-0.2, -0.15) is 0 Å². The molecule has 0 unspecified atom stereocenters. The molecule has 0 bridgehead atoms. The van der Waals surface area contributed by atoms with Crippen molar-refractivity contribution in [2.24, 2.45) is 0 Å². The van der Waals surface area contributed by atoms with Crippen LogP contribution in [0.1, 0.15) is 24.0 Å². The van der Waals surface area contributed by atoms with E-state index < -0.39 is 0 Å². The number of piperidine rings is 1. The maximum absolute atomic E-state index is 10.4. The van der Waals surface area contributed by atoms with E-state index in [1.807, 2.05) is 19.1 Å². The zero-order chi connectivity index (χ0) is 18.3. The highest BCUT2D eigenvalue weighted by Gasteiger charge is 2.30. The molecule has 0 radical (unpaired) electrons. The fourth-order valence-corrected chi connectivity index (χ4v) is 4.18. The molecule has 2 aromatic rings. The largest absolute Gasteiger partial charge is 0.507 e. The van der Waals surface area contributed by atoms with Crippen LogP contribution in [0.25, 0.3) is 11.3 Å². The number of nitrogens with one attached hydrogen (secondary N) is 1. The van der Waals surface area contributed by atoms with Crippen LogP contribution >= 0.6 is 0 Å². The second kappa shape index (κ2) is 6.76. The van der Waals surface area contributed by atoms with Crippen LogP contribution in [0.2, 0.25) is 0 Å². The molecule has 2 N–H and O–H groups in total. The molecule has 1 fully saturated rings. The second-order valence-corrected chi connectivity index (χ2v) is 7.57. The lowest BCUT2D eigenvalue weighted by Gasteiger charge is -2.41. The SMILES string of the molecule is Cc1ccc(-c2nnc3c(c2C)NCCN3[C@H]2CCCN(C)C2)c(O)c1. The Kier molecular flexibility index (Phi) is 4.44. The molecule has 6 heteroatoms. The lowest BCUT2D eigenvalue weighted by atomic mass is 10.0. The number of phenols is 1. The minimum Gasteiger partial charge on any atom is -0.507 e. The summed E-state index contributed by atoms with van der Waals surface area (Å²) in [5.41, 5.74) is 4.61. The third-order valence-corrected chi connectivity index (χ3v) is 5.57. The molecule has 4 rings (SSSR count). The van der Waals surface area contributed by atoms with E-state index in [-0.39, 0.29) is 5.75 Å². The van der Waals surface area contributed by atoms with Crippen LogP contribution < -0.4 is 10.2 Å². The number of aryl methyl sites for hydroxylation is 1. The lowest BCUT2D eigenvalue weighted by Crippen LogP contribution is -2.50. The number of likely N-dealkylation sites (tertiary alicyclic amines) is 1.